The Labute approximate surface area is 142 Å². The third-order valence-electron chi connectivity index (χ3n) is 4.60. The van der Waals surface area contributed by atoms with Crippen molar-refractivity contribution in [2.75, 3.05) is 19.7 Å². The summed E-state index contributed by atoms with van der Waals surface area (Å²) in [6.07, 6.45) is -0.470. The third kappa shape index (κ3) is 2.98. The number of carbonyl (C=O) groups excluding carboxylic acids is 1. The summed E-state index contributed by atoms with van der Waals surface area (Å²) < 4.78 is 33.4. The van der Waals surface area contributed by atoms with E-state index in [4.69, 9.17) is 21.4 Å². The molecular formula is C16H16ClF2NO4. The summed E-state index contributed by atoms with van der Waals surface area (Å²) in [7, 11) is 0. The maximum atomic E-state index is 14.2. The molecule has 0 bridgehead atoms. The molecule has 8 heteroatoms. The number of halogens is 3. The van der Waals surface area contributed by atoms with Crippen LogP contribution in [0.5, 0.6) is 0 Å². The molecule has 5 nitrogen and oxygen atoms in total. The summed E-state index contributed by atoms with van der Waals surface area (Å²) in [5, 5.41) is 8.91. The van der Waals surface area contributed by atoms with Gasteiger partial charge in [0.2, 0.25) is 11.6 Å². The second-order valence-corrected chi connectivity index (χ2v) is 6.55. The number of carboxylic acids is 1. The minimum atomic E-state index is -2.41. The first-order valence-corrected chi connectivity index (χ1v) is 7.97. The van der Waals surface area contributed by atoms with Crippen LogP contribution in [0.1, 0.15) is 24.5 Å². The van der Waals surface area contributed by atoms with E-state index in [1.807, 2.05) is 0 Å². The number of benzene rings is 1. The topological polar surface area (TPSA) is 66.8 Å². The van der Waals surface area contributed by atoms with E-state index in [9.17, 15) is 18.4 Å². The first-order valence-electron chi connectivity index (χ1n) is 7.59. The smallest absolute Gasteiger partial charge is 0.343 e. The Morgan fingerprint density at radius 1 is 1.42 bits per heavy atom. The first kappa shape index (κ1) is 17.1. The molecule has 1 N–H and O–H groups in total. The Kier molecular flexibility index (Phi) is 4.48. The standard InChI is InChI=1S/C16H16ClF2NO4/c17-11-2-1-9(7-12(11)18)13-10(3-6-24-13)14(21)20-5-4-16(19,8-20)15(22)23/h1-2,7,10,13H,3-6,8H2,(H,22,23)/t10-,13+,16?/m1/s1. The molecular weight excluding hydrogens is 344 g/mol. The first-order chi connectivity index (χ1) is 11.3. The lowest BCUT2D eigenvalue weighted by Crippen LogP contribution is -2.41. The molecule has 3 atom stereocenters. The van der Waals surface area contributed by atoms with E-state index in [0.717, 1.165) is 0 Å². The van der Waals surface area contributed by atoms with Crippen LogP contribution in [0.4, 0.5) is 8.78 Å². The number of amides is 1. The second-order valence-electron chi connectivity index (χ2n) is 6.14. The van der Waals surface area contributed by atoms with Gasteiger partial charge in [-0.05, 0) is 24.1 Å². The van der Waals surface area contributed by atoms with Crippen molar-refractivity contribution in [3.05, 3.63) is 34.6 Å². The van der Waals surface area contributed by atoms with Crippen LogP contribution >= 0.6 is 11.6 Å². The molecule has 2 aliphatic heterocycles. The molecule has 0 aliphatic carbocycles. The van der Waals surface area contributed by atoms with Crippen molar-refractivity contribution in [2.24, 2.45) is 5.92 Å². The average molecular weight is 360 g/mol. The van der Waals surface area contributed by atoms with Crippen LogP contribution in [-0.2, 0) is 14.3 Å². The monoisotopic (exact) mass is 359 g/mol. The number of rotatable bonds is 3. The fraction of sp³-hybridized carbons (Fsp3) is 0.500. The Balaban J connectivity index is 1.77. The summed E-state index contributed by atoms with van der Waals surface area (Å²) in [5.74, 6) is -3.13. The van der Waals surface area contributed by atoms with Crippen LogP contribution in [0.15, 0.2) is 18.2 Å². The van der Waals surface area contributed by atoms with Gasteiger partial charge in [-0.25, -0.2) is 13.6 Å². The number of carboxylic acid groups (broad SMARTS) is 1. The van der Waals surface area contributed by atoms with Gasteiger partial charge in [0.05, 0.1) is 23.6 Å². The van der Waals surface area contributed by atoms with Gasteiger partial charge in [-0.1, -0.05) is 17.7 Å². The van der Waals surface area contributed by atoms with Gasteiger partial charge in [-0.15, -0.1) is 0 Å². The zero-order chi connectivity index (χ0) is 17.5. The molecule has 3 rings (SSSR count). The predicted octanol–water partition coefficient (Wildman–Crippen LogP) is 2.58. The number of aliphatic carboxylic acids is 1. The van der Waals surface area contributed by atoms with Crippen LogP contribution in [-0.4, -0.2) is 47.2 Å². The Morgan fingerprint density at radius 3 is 2.79 bits per heavy atom. The van der Waals surface area contributed by atoms with E-state index < -0.39 is 36.0 Å². The minimum Gasteiger partial charge on any atom is -0.479 e. The molecule has 1 aromatic carbocycles. The van der Waals surface area contributed by atoms with E-state index in [0.29, 0.717) is 18.6 Å². The molecule has 1 amide bonds. The molecule has 2 heterocycles. The SMILES string of the molecule is O=C([C@@H]1CCO[C@H]1c1ccc(Cl)c(F)c1)N1CCC(F)(C(=O)O)C1. The largest absolute Gasteiger partial charge is 0.479 e. The molecule has 2 aliphatic rings. The molecule has 1 unspecified atom stereocenters. The lowest BCUT2D eigenvalue weighted by Gasteiger charge is -2.24. The minimum absolute atomic E-state index is 0.0252. The van der Waals surface area contributed by atoms with Crippen LogP contribution in [0, 0.1) is 11.7 Å². The zero-order valence-corrected chi connectivity index (χ0v) is 13.4. The van der Waals surface area contributed by atoms with Crippen molar-refractivity contribution in [2.45, 2.75) is 24.6 Å². The maximum Gasteiger partial charge on any atom is 0.343 e. The van der Waals surface area contributed by atoms with Gasteiger partial charge in [0.25, 0.3) is 0 Å². The van der Waals surface area contributed by atoms with Crippen molar-refractivity contribution in [1.29, 1.82) is 0 Å². The highest BCUT2D eigenvalue weighted by Gasteiger charge is 2.49. The lowest BCUT2D eigenvalue weighted by molar-refractivity contribution is -0.150. The molecule has 0 saturated carbocycles. The highest BCUT2D eigenvalue weighted by atomic mass is 35.5. The van der Waals surface area contributed by atoms with E-state index >= 15 is 0 Å². The summed E-state index contributed by atoms with van der Waals surface area (Å²) in [5.41, 5.74) is -1.92. The van der Waals surface area contributed by atoms with Gasteiger partial charge in [-0.3, -0.25) is 4.79 Å². The van der Waals surface area contributed by atoms with Crippen molar-refractivity contribution >= 4 is 23.5 Å². The lowest BCUT2D eigenvalue weighted by atomic mass is 9.94. The van der Waals surface area contributed by atoms with Crippen molar-refractivity contribution in [3.63, 3.8) is 0 Å². The number of hydrogen-bond donors (Lipinski definition) is 1. The van der Waals surface area contributed by atoms with Crippen molar-refractivity contribution < 1.29 is 28.2 Å². The summed E-state index contributed by atoms with van der Waals surface area (Å²) in [6, 6.07) is 4.20. The van der Waals surface area contributed by atoms with E-state index in [1.54, 1.807) is 6.07 Å². The molecule has 2 fully saturated rings. The van der Waals surface area contributed by atoms with Gasteiger partial charge < -0.3 is 14.7 Å². The summed E-state index contributed by atoms with van der Waals surface area (Å²) in [6.45, 7) is -0.113. The van der Waals surface area contributed by atoms with Gasteiger partial charge in [0, 0.05) is 19.6 Å². The Hall–Kier alpha value is -1.73. The normalized spacial score (nSPS) is 29.9. The maximum absolute atomic E-state index is 14.2. The fourth-order valence-electron chi connectivity index (χ4n) is 3.23. The Bertz CT molecular complexity index is 686. The second kappa shape index (κ2) is 6.29. The molecule has 0 radical (unpaired) electrons. The highest BCUT2D eigenvalue weighted by Crippen LogP contribution is 2.38. The molecule has 130 valence electrons. The van der Waals surface area contributed by atoms with E-state index in [1.165, 1.54) is 17.0 Å². The highest BCUT2D eigenvalue weighted by molar-refractivity contribution is 6.30. The number of carbonyl (C=O) groups is 2. The Morgan fingerprint density at radius 2 is 2.17 bits per heavy atom. The number of likely N-dealkylation sites (tertiary alicyclic amines) is 1. The van der Waals surface area contributed by atoms with Gasteiger partial charge in [0.15, 0.2) is 0 Å². The van der Waals surface area contributed by atoms with Gasteiger partial charge in [-0.2, -0.15) is 0 Å². The number of ether oxygens (including phenoxy) is 1. The quantitative estimate of drug-likeness (QED) is 0.900. The average Bonchev–Trinajstić information content (AvgIpc) is 3.17. The molecule has 24 heavy (non-hydrogen) atoms. The number of alkyl halides is 1. The van der Waals surface area contributed by atoms with Crippen LogP contribution < -0.4 is 0 Å². The molecule has 0 spiro atoms. The zero-order valence-electron chi connectivity index (χ0n) is 12.7. The molecule has 1 aromatic rings. The van der Waals surface area contributed by atoms with E-state index in [2.05, 4.69) is 0 Å². The number of hydrogen-bond acceptors (Lipinski definition) is 3. The molecule has 0 aromatic heterocycles. The fourth-order valence-corrected chi connectivity index (χ4v) is 3.35. The number of nitrogens with zero attached hydrogens (tertiary/aromatic N) is 1. The predicted molar refractivity (Wildman–Crippen MR) is 80.9 cm³/mol. The summed E-state index contributed by atoms with van der Waals surface area (Å²) in [4.78, 5) is 24.9. The van der Waals surface area contributed by atoms with Crippen LogP contribution in [0.3, 0.4) is 0 Å². The summed E-state index contributed by atoms with van der Waals surface area (Å²) >= 11 is 5.66. The molecule has 2 saturated heterocycles. The van der Waals surface area contributed by atoms with Gasteiger partial charge in [0.1, 0.15) is 5.82 Å². The van der Waals surface area contributed by atoms with E-state index in [-0.39, 0.29) is 23.9 Å². The van der Waals surface area contributed by atoms with Crippen LogP contribution in [0.25, 0.3) is 0 Å². The van der Waals surface area contributed by atoms with Crippen molar-refractivity contribution in [3.8, 4) is 0 Å². The van der Waals surface area contributed by atoms with Crippen molar-refractivity contribution in [1.82, 2.24) is 4.90 Å². The van der Waals surface area contributed by atoms with Crippen LogP contribution in [0.2, 0.25) is 5.02 Å². The van der Waals surface area contributed by atoms with Gasteiger partial charge >= 0.3 is 5.97 Å². The third-order valence-corrected chi connectivity index (χ3v) is 4.90.